The lowest BCUT2D eigenvalue weighted by Crippen LogP contribution is -2.47. The molecule has 2 rings (SSSR count). The number of nitrogens with one attached hydrogen (secondary N) is 2. The van der Waals surface area contributed by atoms with Gasteiger partial charge in [0.25, 0.3) is 0 Å². The zero-order valence-electron chi connectivity index (χ0n) is 19.3. The molecule has 0 unspecified atom stereocenters. The molecule has 0 atom stereocenters. The summed E-state index contributed by atoms with van der Waals surface area (Å²) in [4.78, 5) is 28.8. The Labute approximate surface area is 197 Å². The van der Waals surface area contributed by atoms with E-state index in [2.05, 4.69) is 31.6 Å². The second kappa shape index (κ2) is 10.6. The molecule has 0 aromatic heterocycles. The van der Waals surface area contributed by atoms with Gasteiger partial charge in [-0.15, -0.1) is 0 Å². The molecule has 2 aromatic carbocycles. The van der Waals surface area contributed by atoms with Crippen molar-refractivity contribution in [1.82, 2.24) is 10.6 Å². The standard InChI is InChI=1S/C24H30BrN3O4/c1-23(2,3)31-21(29)27-20(28-22(30)32-24(4,5)6)26-15-16-8-7-9-18(14-16)17-10-12-19(25)13-11-17/h7-14H,15H2,1-6H3,(H2,26,27,28,29,30). The Kier molecular flexibility index (Phi) is 8.44. The molecule has 8 heteroatoms. The molecular formula is C24H30BrN3O4. The molecule has 2 N–H and O–H groups in total. The molecule has 0 aliphatic carbocycles. The van der Waals surface area contributed by atoms with Crippen LogP contribution in [0.2, 0.25) is 0 Å². The van der Waals surface area contributed by atoms with Gasteiger partial charge in [-0.3, -0.25) is 10.6 Å². The van der Waals surface area contributed by atoms with E-state index in [-0.39, 0.29) is 12.5 Å². The Morgan fingerprint density at radius 3 is 1.88 bits per heavy atom. The van der Waals surface area contributed by atoms with E-state index in [0.717, 1.165) is 21.2 Å². The van der Waals surface area contributed by atoms with Crippen LogP contribution < -0.4 is 10.6 Å². The van der Waals surface area contributed by atoms with Crippen molar-refractivity contribution in [2.75, 3.05) is 0 Å². The monoisotopic (exact) mass is 503 g/mol. The molecule has 172 valence electrons. The summed E-state index contributed by atoms with van der Waals surface area (Å²) in [5.41, 5.74) is 1.62. The van der Waals surface area contributed by atoms with Crippen LogP contribution in [0.15, 0.2) is 58.0 Å². The first kappa shape index (κ1) is 25.4. The molecular weight excluding hydrogens is 474 g/mol. The van der Waals surface area contributed by atoms with Crippen molar-refractivity contribution in [3.63, 3.8) is 0 Å². The largest absolute Gasteiger partial charge is 0.444 e. The predicted molar refractivity (Wildman–Crippen MR) is 129 cm³/mol. The van der Waals surface area contributed by atoms with E-state index < -0.39 is 23.4 Å². The molecule has 7 nitrogen and oxygen atoms in total. The highest BCUT2D eigenvalue weighted by Crippen LogP contribution is 2.23. The van der Waals surface area contributed by atoms with Crippen LogP contribution in [0.5, 0.6) is 0 Å². The summed E-state index contributed by atoms with van der Waals surface area (Å²) < 4.78 is 11.5. The molecule has 0 heterocycles. The number of halogens is 1. The maximum atomic E-state index is 12.2. The molecule has 2 aromatic rings. The number of rotatable bonds is 3. The van der Waals surface area contributed by atoms with E-state index >= 15 is 0 Å². The Morgan fingerprint density at radius 1 is 0.844 bits per heavy atom. The predicted octanol–water partition coefficient (Wildman–Crippen LogP) is 6.02. The minimum absolute atomic E-state index is 0.0532. The van der Waals surface area contributed by atoms with Crippen LogP contribution in [0.25, 0.3) is 11.1 Å². The topological polar surface area (TPSA) is 89.0 Å². The molecule has 0 spiro atoms. The van der Waals surface area contributed by atoms with Crippen LogP contribution in [-0.2, 0) is 16.0 Å². The van der Waals surface area contributed by atoms with Gasteiger partial charge in [-0.2, -0.15) is 0 Å². The number of hydrogen-bond acceptors (Lipinski definition) is 5. The maximum absolute atomic E-state index is 12.2. The fourth-order valence-corrected chi connectivity index (χ4v) is 2.84. The van der Waals surface area contributed by atoms with Gasteiger partial charge in [0, 0.05) is 4.47 Å². The van der Waals surface area contributed by atoms with Crippen LogP contribution in [-0.4, -0.2) is 29.3 Å². The van der Waals surface area contributed by atoms with Crippen LogP contribution >= 0.6 is 15.9 Å². The minimum Gasteiger partial charge on any atom is -0.444 e. The Morgan fingerprint density at radius 2 is 1.38 bits per heavy atom. The fourth-order valence-electron chi connectivity index (χ4n) is 2.57. The summed E-state index contributed by atoms with van der Waals surface area (Å²) in [6.07, 6.45) is -1.45. The van der Waals surface area contributed by atoms with Crippen LogP contribution in [0, 0.1) is 0 Å². The zero-order valence-corrected chi connectivity index (χ0v) is 20.9. The third kappa shape index (κ3) is 9.51. The van der Waals surface area contributed by atoms with E-state index in [0.29, 0.717) is 0 Å². The first-order chi connectivity index (χ1) is 14.8. The number of amides is 2. The molecule has 0 saturated heterocycles. The Hall–Kier alpha value is -2.87. The molecule has 0 radical (unpaired) electrons. The zero-order chi connectivity index (χ0) is 23.9. The van der Waals surface area contributed by atoms with Gasteiger partial charge in [-0.05, 0) is 76.4 Å². The third-order valence-electron chi connectivity index (χ3n) is 3.76. The summed E-state index contributed by atoms with van der Waals surface area (Å²) in [7, 11) is 0. The second-order valence-electron chi connectivity index (χ2n) is 9.13. The average Bonchev–Trinajstić information content (AvgIpc) is 2.64. The van der Waals surface area contributed by atoms with Gasteiger partial charge in [-0.1, -0.05) is 46.3 Å². The van der Waals surface area contributed by atoms with Gasteiger partial charge in [0.05, 0.1) is 6.54 Å². The van der Waals surface area contributed by atoms with E-state index in [1.54, 1.807) is 41.5 Å². The normalized spacial score (nSPS) is 11.3. The number of alkyl carbamates (subject to hydrolysis) is 2. The lowest BCUT2D eigenvalue weighted by atomic mass is 10.0. The van der Waals surface area contributed by atoms with Crippen molar-refractivity contribution in [3.05, 3.63) is 58.6 Å². The van der Waals surface area contributed by atoms with Gasteiger partial charge >= 0.3 is 12.2 Å². The van der Waals surface area contributed by atoms with Crippen molar-refractivity contribution in [1.29, 1.82) is 0 Å². The first-order valence-electron chi connectivity index (χ1n) is 10.2. The number of ether oxygens (including phenoxy) is 2. The van der Waals surface area contributed by atoms with Crippen molar-refractivity contribution in [2.24, 2.45) is 4.99 Å². The van der Waals surface area contributed by atoms with Crippen molar-refractivity contribution in [3.8, 4) is 11.1 Å². The van der Waals surface area contributed by atoms with Crippen molar-refractivity contribution < 1.29 is 19.1 Å². The molecule has 2 amide bonds. The van der Waals surface area contributed by atoms with E-state index in [1.165, 1.54) is 0 Å². The minimum atomic E-state index is -0.726. The lowest BCUT2D eigenvalue weighted by Gasteiger charge is -2.22. The highest BCUT2D eigenvalue weighted by atomic mass is 79.9. The highest BCUT2D eigenvalue weighted by Gasteiger charge is 2.21. The van der Waals surface area contributed by atoms with Crippen LogP contribution in [0.3, 0.4) is 0 Å². The quantitative estimate of drug-likeness (QED) is 0.395. The highest BCUT2D eigenvalue weighted by molar-refractivity contribution is 9.10. The lowest BCUT2D eigenvalue weighted by molar-refractivity contribution is 0.0545. The number of carbonyl (C=O) groups excluding carboxylic acids is 2. The number of hydrogen-bond donors (Lipinski definition) is 2. The van der Waals surface area contributed by atoms with Gasteiger partial charge in [0.1, 0.15) is 11.2 Å². The van der Waals surface area contributed by atoms with Crippen molar-refractivity contribution in [2.45, 2.75) is 59.3 Å². The average molecular weight is 504 g/mol. The number of nitrogens with zero attached hydrogens (tertiary/aromatic N) is 1. The molecule has 0 bridgehead atoms. The molecule has 0 aliphatic heterocycles. The van der Waals surface area contributed by atoms with Gasteiger partial charge < -0.3 is 9.47 Å². The maximum Gasteiger partial charge on any atom is 0.414 e. The number of guanidine groups is 1. The molecule has 0 fully saturated rings. The summed E-state index contributed by atoms with van der Waals surface area (Å²) in [5.74, 6) is -0.0532. The van der Waals surface area contributed by atoms with Crippen LogP contribution in [0.4, 0.5) is 9.59 Å². The second-order valence-corrected chi connectivity index (χ2v) is 10.0. The van der Waals surface area contributed by atoms with Crippen molar-refractivity contribution >= 4 is 34.1 Å². The van der Waals surface area contributed by atoms with E-state index in [9.17, 15) is 9.59 Å². The molecule has 0 aliphatic rings. The van der Waals surface area contributed by atoms with E-state index in [1.807, 2.05) is 48.5 Å². The smallest absolute Gasteiger partial charge is 0.414 e. The number of benzene rings is 2. The first-order valence-corrected chi connectivity index (χ1v) is 11.0. The summed E-state index contributed by atoms with van der Waals surface area (Å²) in [6, 6.07) is 15.9. The van der Waals surface area contributed by atoms with E-state index in [4.69, 9.17) is 9.47 Å². The molecule has 0 saturated carbocycles. The third-order valence-corrected chi connectivity index (χ3v) is 4.29. The SMILES string of the molecule is CC(C)(C)OC(=O)NC(=NCc1cccc(-c2ccc(Br)cc2)c1)NC(=O)OC(C)(C)C. The number of aliphatic imine (C=N–C) groups is 1. The fraction of sp³-hybridized carbons (Fsp3) is 0.375. The van der Waals surface area contributed by atoms with Crippen LogP contribution in [0.1, 0.15) is 47.1 Å². The summed E-state index contributed by atoms with van der Waals surface area (Å²) >= 11 is 3.44. The summed E-state index contributed by atoms with van der Waals surface area (Å²) in [5, 5.41) is 4.97. The molecule has 32 heavy (non-hydrogen) atoms. The summed E-state index contributed by atoms with van der Waals surface area (Å²) in [6.45, 7) is 10.7. The number of carbonyl (C=O) groups is 2. The van der Waals surface area contributed by atoms with Gasteiger partial charge in [0.15, 0.2) is 0 Å². The Balaban J connectivity index is 2.19. The van der Waals surface area contributed by atoms with Gasteiger partial charge in [-0.25, -0.2) is 14.6 Å². The van der Waals surface area contributed by atoms with Gasteiger partial charge in [0.2, 0.25) is 5.96 Å². The Bertz CT molecular complexity index is 942.